The summed E-state index contributed by atoms with van der Waals surface area (Å²) in [6, 6.07) is 20.0. The minimum absolute atomic E-state index is 0.114. The molecule has 0 bridgehead atoms. The maximum Gasteiger partial charge on any atom is 0.245 e. The Morgan fingerprint density at radius 3 is 2.39 bits per heavy atom. The van der Waals surface area contributed by atoms with Crippen LogP contribution in [-0.2, 0) is 27.7 Å². The van der Waals surface area contributed by atoms with Crippen LogP contribution in [-0.4, -0.2) is 27.0 Å². The summed E-state index contributed by atoms with van der Waals surface area (Å²) in [5, 5.41) is 3.13. The Morgan fingerprint density at radius 2 is 1.70 bits per heavy atom. The van der Waals surface area contributed by atoms with Crippen molar-refractivity contribution >= 4 is 33.2 Å². The molecule has 33 heavy (non-hydrogen) atoms. The third-order valence-electron chi connectivity index (χ3n) is 5.05. The smallest absolute Gasteiger partial charge is 0.245 e. The lowest BCUT2D eigenvalue weighted by Crippen LogP contribution is -2.45. The van der Waals surface area contributed by atoms with Crippen molar-refractivity contribution in [1.82, 2.24) is 4.72 Å². The van der Waals surface area contributed by atoms with E-state index in [1.807, 2.05) is 55.5 Å². The van der Waals surface area contributed by atoms with E-state index in [9.17, 15) is 13.2 Å². The van der Waals surface area contributed by atoms with Crippen LogP contribution in [0.2, 0.25) is 5.02 Å². The van der Waals surface area contributed by atoms with Crippen LogP contribution < -0.4 is 14.8 Å². The zero-order valence-electron chi connectivity index (χ0n) is 18.5. The molecule has 0 aromatic heterocycles. The number of anilines is 1. The maximum absolute atomic E-state index is 13.3. The van der Waals surface area contributed by atoms with E-state index in [0.29, 0.717) is 5.69 Å². The molecule has 0 aliphatic rings. The van der Waals surface area contributed by atoms with Gasteiger partial charge in [0.25, 0.3) is 0 Å². The van der Waals surface area contributed by atoms with Crippen LogP contribution in [0, 0.1) is 0 Å². The highest BCUT2D eigenvalue weighted by molar-refractivity contribution is 7.89. The van der Waals surface area contributed by atoms with E-state index in [1.54, 1.807) is 19.1 Å². The third kappa shape index (κ3) is 6.57. The van der Waals surface area contributed by atoms with Crippen molar-refractivity contribution < 1.29 is 17.9 Å². The molecule has 6 nitrogen and oxygen atoms in total. The molecule has 0 radical (unpaired) electrons. The average Bonchev–Trinajstić information content (AvgIpc) is 2.81. The highest BCUT2D eigenvalue weighted by Crippen LogP contribution is 2.28. The molecule has 1 atom stereocenters. The fourth-order valence-electron chi connectivity index (χ4n) is 3.43. The average molecular weight is 487 g/mol. The van der Waals surface area contributed by atoms with Gasteiger partial charge in [-0.05, 0) is 55.2 Å². The molecule has 174 valence electrons. The normalized spacial score (nSPS) is 12.2. The number of rotatable bonds is 10. The van der Waals surface area contributed by atoms with Crippen molar-refractivity contribution in [3.05, 3.63) is 88.9 Å². The quantitative estimate of drug-likeness (QED) is 0.430. The van der Waals surface area contributed by atoms with Gasteiger partial charge in [-0.3, -0.25) is 4.79 Å². The first kappa shape index (κ1) is 24.8. The molecule has 0 aliphatic carbocycles. The molecule has 0 heterocycles. The van der Waals surface area contributed by atoms with E-state index in [1.165, 1.54) is 12.1 Å². The maximum atomic E-state index is 13.3. The van der Waals surface area contributed by atoms with Crippen LogP contribution in [0.15, 0.2) is 77.7 Å². The minimum atomic E-state index is -4.13. The number of nitrogens with one attached hydrogen (secondary N) is 2. The van der Waals surface area contributed by atoms with Crippen molar-refractivity contribution in [3.8, 4) is 5.75 Å². The number of para-hydroxylation sites is 1. The number of sulfonamides is 1. The number of ether oxygens (including phenoxy) is 1. The van der Waals surface area contributed by atoms with E-state index in [-0.39, 0.29) is 28.7 Å². The van der Waals surface area contributed by atoms with E-state index in [2.05, 4.69) is 10.0 Å². The molecule has 3 aromatic rings. The van der Waals surface area contributed by atoms with Gasteiger partial charge in [-0.2, -0.15) is 4.72 Å². The van der Waals surface area contributed by atoms with Crippen molar-refractivity contribution in [2.24, 2.45) is 0 Å². The first-order chi connectivity index (χ1) is 15.8. The Labute approximate surface area is 200 Å². The topological polar surface area (TPSA) is 84.5 Å². The number of halogens is 1. The summed E-state index contributed by atoms with van der Waals surface area (Å²) >= 11 is 6.07. The Balaban J connectivity index is 1.94. The highest BCUT2D eigenvalue weighted by atomic mass is 35.5. The summed E-state index contributed by atoms with van der Waals surface area (Å²) in [5.41, 5.74) is 2.43. The number of carbonyl (C=O) groups excluding carboxylic acids is 1. The lowest BCUT2D eigenvalue weighted by atomic mass is 10.1. The molecule has 0 saturated heterocycles. The Kier molecular flexibility index (Phi) is 8.49. The molecule has 0 spiro atoms. The molecule has 0 aliphatic heterocycles. The molecule has 1 unspecified atom stereocenters. The van der Waals surface area contributed by atoms with Gasteiger partial charge >= 0.3 is 0 Å². The molecule has 8 heteroatoms. The van der Waals surface area contributed by atoms with Crippen LogP contribution in [0.25, 0.3) is 0 Å². The lowest BCUT2D eigenvalue weighted by Gasteiger charge is -2.21. The van der Waals surface area contributed by atoms with Gasteiger partial charge in [0.05, 0.1) is 6.61 Å². The Bertz CT molecular complexity index is 1200. The summed E-state index contributed by atoms with van der Waals surface area (Å²) in [5.74, 6) is -0.284. The number of hydrogen-bond donors (Lipinski definition) is 2. The predicted octanol–water partition coefficient (Wildman–Crippen LogP) is 4.83. The van der Waals surface area contributed by atoms with Crippen molar-refractivity contribution in [3.63, 3.8) is 0 Å². The minimum Gasteiger partial charge on any atom is -0.492 e. The summed E-state index contributed by atoms with van der Waals surface area (Å²) in [7, 11) is -4.13. The zero-order valence-corrected chi connectivity index (χ0v) is 20.1. The lowest BCUT2D eigenvalue weighted by molar-refractivity contribution is -0.117. The van der Waals surface area contributed by atoms with Gasteiger partial charge in [-0.15, -0.1) is 0 Å². The molecule has 3 aromatic carbocycles. The fourth-order valence-corrected chi connectivity index (χ4v) is 5.03. The van der Waals surface area contributed by atoms with Crippen LogP contribution in [0.3, 0.4) is 0 Å². The second-order valence-electron chi connectivity index (χ2n) is 7.39. The van der Waals surface area contributed by atoms with E-state index in [0.717, 1.165) is 17.5 Å². The molecule has 0 saturated carbocycles. The molecule has 1 amide bonds. The Morgan fingerprint density at radius 1 is 1.00 bits per heavy atom. The van der Waals surface area contributed by atoms with Crippen LogP contribution in [0.1, 0.15) is 25.0 Å². The summed E-state index contributed by atoms with van der Waals surface area (Å²) in [6.45, 7) is 4.03. The zero-order chi connectivity index (χ0) is 23.8. The Hall–Kier alpha value is -2.87. The highest BCUT2D eigenvalue weighted by Gasteiger charge is 2.29. The SMILES string of the molecule is CCOc1ccc(Cl)cc1S(=O)(=O)NC(Cc1ccccc1)C(=O)Nc1ccccc1CC. The van der Waals surface area contributed by atoms with E-state index < -0.39 is 22.0 Å². The molecule has 0 fully saturated rings. The first-order valence-electron chi connectivity index (χ1n) is 10.7. The standard InChI is InChI=1S/C25H27ClN2O4S/c1-3-19-12-8-9-13-21(19)27-25(29)22(16-18-10-6-5-7-11-18)28-33(30,31)24-17-20(26)14-15-23(24)32-4-2/h5-15,17,22,28H,3-4,16H2,1-2H3,(H,27,29). The van der Waals surface area contributed by atoms with Gasteiger partial charge in [0, 0.05) is 10.7 Å². The summed E-state index contributed by atoms with van der Waals surface area (Å²) in [4.78, 5) is 13.2. The van der Waals surface area contributed by atoms with Gasteiger partial charge in [-0.1, -0.05) is 67.1 Å². The van der Waals surface area contributed by atoms with Gasteiger partial charge in [-0.25, -0.2) is 8.42 Å². The summed E-state index contributed by atoms with van der Waals surface area (Å²) in [6.07, 6.45) is 0.899. The molecule has 2 N–H and O–H groups in total. The number of aryl methyl sites for hydroxylation is 1. The third-order valence-corrected chi connectivity index (χ3v) is 6.78. The van der Waals surface area contributed by atoms with Gasteiger partial charge < -0.3 is 10.1 Å². The van der Waals surface area contributed by atoms with Crippen molar-refractivity contribution in [2.45, 2.75) is 37.6 Å². The largest absolute Gasteiger partial charge is 0.492 e. The number of amides is 1. The second-order valence-corrected chi connectivity index (χ2v) is 9.51. The molecule has 3 rings (SSSR count). The summed E-state index contributed by atoms with van der Waals surface area (Å²) < 4.78 is 34.7. The van der Waals surface area contributed by atoms with Crippen LogP contribution in [0.4, 0.5) is 5.69 Å². The van der Waals surface area contributed by atoms with Crippen LogP contribution in [0.5, 0.6) is 5.75 Å². The van der Waals surface area contributed by atoms with Gasteiger partial charge in [0.1, 0.15) is 16.7 Å². The van der Waals surface area contributed by atoms with E-state index in [4.69, 9.17) is 16.3 Å². The number of hydrogen-bond acceptors (Lipinski definition) is 4. The number of carbonyl (C=O) groups is 1. The fraction of sp³-hybridized carbons (Fsp3) is 0.240. The van der Waals surface area contributed by atoms with Crippen molar-refractivity contribution in [2.75, 3.05) is 11.9 Å². The van der Waals surface area contributed by atoms with Gasteiger partial charge in [0.15, 0.2) is 0 Å². The predicted molar refractivity (Wildman–Crippen MR) is 131 cm³/mol. The van der Waals surface area contributed by atoms with E-state index >= 15 is 0 Å². The monoisotopic (exact) mass is 486 g/mol. The van der Waals surface area contributed by atoms with Crippen molar-refractivity contribution in [1.29, 1.82) is 0 Å². The second kappa shape index (κ2) is 11.3. The van der Waals surface area contributed by atoms with Gasteiger partial charge in [0.2, 0.25) is 15.9 Å². The number of benzene rings is 3. The first-order valence-corrected chi connectivity index (χ1v) is 12.6. The molecular weight excluding hydrogens is 460 g/mol. The van der Waals surface area contributed by atoms with Crippen LogP contribution >= 0.6 is 11.6 Å². The molecular formula is C25H27ClN2O4S.